The monoisotopic (exact) mass is 475 g/mol. The van der Waals surface area contributed by atoms with Crippen LogP contribution in [0.3, 0.4) is 0 Å². The van der Waals surface area contributed by atoms with Crippen LogP contribution in [0.2, 0.25) is 0 Å². The van der Waals surface area contributed by atoms with Crippen LogP contribution < -0.4 is 14.4 Å². The van der Waals surface area contributed by atoms with Gasteiger partial charge in [0.1, 0.15) is 18.3 Å². The molecule has 0 saturated carbocycles. The van der Waals surface area contributed by atoms with Gasteiger partial charge in [0.25, 0.3) is 0 Å². The molecular formula is C24H33N3O5S. The van der Waals surface area contributed by atoms with Crippen LogP contribution in [-0.2, 0) is 26.0 Å². The maximum Gasteiger partial charge on any atom is 0.244 e. The van der Waals surface area contributed by atoms with Gasteiger partial charge in [0.2, 0.25) is 21.8 Å². The van der Waals surface area contributed by atoms with E-state index in [-0.39, 0.29) is 18.1 Å². The molecule has 2 rings (SSSR count). The largest absolute Gasteiger partial charge is 0.495 e. The topological polar surface area (TPSA) is 96.0 Å². The first-order valence-electron chi connectivity index (χ1n) is 10.8. The zero-order valence-electron chi connectivity index (χ0n) is 19.9. The molecule has 2 amide bonds. The van der Waals surface area contributed by atoms with E-state index in [1.165, 1.54) is 19.1 Å². The lowest BCUT2D eigenvalue weighted by molar-refractivity contribution is -0.139. The lowest BCUT2D eigenvalue weighted by atomic mass is 10.1. The number of benzene rings is 2. The quantitative estimate of drug-likeness (QED) is 0.538. The number of carbonyl (C=O) groups excluding carboxylic acids is 2. The molecule has 0 aromatic heterocycles. The highest BCUT2D eigenvalue weighted by Crippen LogP contribution is 2.31. The van der Waals surface area contributed by atoms with E-state index >= 15 is 0 Å². The van der Waals surface area contributed by atoms with Gasteiger partial charge in [0.15, 0.2) is 0 Å². The molecule has 0 bridgehead atoms. The highest BCUT2D eigenvalue weighted by molar-refractivity contribution is 7.92. The average Bonchev–Trinajstić information content (AvgIpc) is 2.79. The number of rotatable bonds is 11. The highest BCUT2D eigenvalue weighted by Gasteiger charge is 2.31. The molecule has 9 heteroatoms. The summed E-state index contributed by atoms with van der Waals surface area (Å²) in [6.45, 7) is 3.48. The van der Waals surface area contributed by atoms with Gasteiger partial charge < -0.3 is 15.0 Å². The zero-order chi connectivity index (χ0) is 24.6. The summed E-state index contributed by atoms with van der Waals surface area (Å²) in [4.78, 5) is 27.5. The van der Waals surface area contributed by atoms with Crippen molar-refractivity contribution in [3.8, 4) is 5.75 Å². The number of nitrogens with one attached hydrogen (secondary N) is 1. The number of ether oxygens (including phenoxy) is 1. The summed E-state index contributed by atoms with van der Waals surface area (Å²) in [6, 6.07) is 14.0. The maximum absolute atomic E-state index is 13.5. The summed E-state index contributed by atoms with van der Waals surface area (Å²) in [5, 5.41) is 2.61. The second-order valence-electron chi connectivity index (χ2n) is 7.81. The lowest BCUT2D eigenvalue weighted by Gasteiger charge is -2.33. The molecule has 0 saturated heterocycles. The summed E-state index contributed by atoms with van der Waals surface area (Å²) in [5.41, 5.74) is 2.12. The van der Waals surface area contributed by atoms with Gasteiger partial charge in [-0.1, -0.05) is 43.3 Å². The van der Waals surface area contributed by atoms with Crippen molar-refractivity contribution in [1.29, 1.82) is 0 Å². The minimum absolute atomic E-state index is 0.275. The van der Waals surface area contributed by atoms with Crippen molar-refractivity contribution >= 4 is 27.5 Å². The molecule has 1 N–H and O–H groups in total. The Morgan fingerprint density at radius 3 is 2.33 bits per heavy atom. The average molecular weight is 476 g/mol. The second-order valence-corrected chi connectivity index (χ2v) is 9.71. The molecule has 0 aliphatic heterocycles. The van der Waals surface area contributed by atoms with Gasteiger partial charge in [-0.05, 0) is 43.0 Å². The number of anilines is 1. The van der Waals surface area contributed by atoms with Gasteiger partial charge in [0, 0.05) is 13.6 Å². The van der Waals surface area contributed by atoms with Gasteiger partial charge in [-0.15, -0.1) is 0 Å². The molecule has 1 atom stereocenters. The van der Waals surface area contributed by atoms with Gasteiger partial charge in [-0.25, -0.2) is 8.42 Å². The molecule has 0 aliphatic carbocycles. The molecule has 1 unspecified atom stereocenters. The Hall–Kier alpha value is -3.07. The van der Waals surface area contributed by atoms with Crippen LogP contribution in [0.5, 0.6) is 5.75 Å². The first kappa shape index (κ1) is 26.2. The van der Waals surface area contributed by atoms with E-state index in [9.17, 15) is 18.0 Å². The van der Waals surface area contributed by atoms with Crippen molar-refractivity contribution in [3.05, 3.63) is 59.7 Å². The predicted molar refractivity (Wildman–Crippen MR) is 130 cm³/mol. The summed E-state index contributed by atoms with van der Waals surface area (Å²) >= 11 is 0. The Balaban J connectivity index is 2.41. The standard InChI is InChI=1S/C24H33N3O5S/c1-6-20(24(29)25-3)26(15-14-19-10-8-7-9-11-19)23(28)17-27(33(5,30)31)21-16-18(2)12-13-22(21)32-4/h7-13,16,20H,6,14-15,17H2,1-5H3,(H,25,29). The number of sulfonamides is 1. The fourth-order valence-corrected chi connectivity index (χ4v) is 4.50. The summed E-state index contributed by atoms with van der Waals surface area (Å²) in [5.74, 6) is -0.415. The van der Waals surface area contributed by atoms with Crippen molar-refractivity contribution in [2.45, 2.75) is 32.7 Å². The van der Waals surface area contributed by atoms with Crippen LogP contribution in [0, 0.1) is 6.92 Å². The van der Waals surface area contributed by atoms with Crippen molar-refractivity contribution in [2.24, 2.45) is 0 Å². The van der Waals surface area contributed by atoms with E-state index in [0.29, 0.717) is 18.6 Å². The van der Waals surface area contributed by atoms with E-state index in [1.54, 1.807) is 18.2 Å². The normalized spacial score (nSPS) is 12.0. The molecule has 0 aliphatic rings. The zero-order valence-corrected chi connectivity index (χ0v) is 20.7. The third-order valence-electron chi connectivity index (χ3n) is 5.40. The molecule has 2 aromatic rings. The van der Waals surface area contributed by atoms with Crippen LogP contribution in [0.25, 0.3) is 0 Å². The number of hydrogen-bond acceptors (Lipinski definition) is 5. The first-order valence-corrected chi connectivity index (χ1v) is 12.6. The van der Waals surface area contributed by atoms with Crippen molar-refractivity contribution in [1.82, 2.24) is 10.2 Å². The molecule has 180 valence electrons. The number of aryl methyl sites for hydroxylation is 1. The SMILES string of the molecule is CCC(C(=O)NC)N(CCc1ccccc1)C(=O)CN(c1cc(C)ccc1OC)S(C)(=O)=O. The van der Waals surface area contributed by atoms with Crippen LogP contribution >= 0.6 is 0 Å². The van der Waals surface area contributed by atoms with Gasteiger partial charge >= 0.3 is 0 Å². The molecule has 0 spiro atoms. The Labute approximate surface area is 196 Å². The highest BCUT2D eigenvalue weighted by atomic mass is 32.2. The molecule has 33 heavy (non-hydrogen) atoms. The Morgan fingerprint density at radius 2 is 1.79 bits per heavy atom. The smallest absolute Gasteiger partial charge is 0.244 e. The fourth-order valence-electron chi connectivity index (χ4n) is 3.65. The van der Waals surface area contributed by atoms with E-state index in [2.05, 4.69) is 5.32 Å². The first-order chi connectivity index (χ1) is 15.6. The number of likely N-dealkylation sites (N-methyl/N-ethyl adjacent to an activating group) is 1. The Kier molecular flexibility index (Phi) is 9.28. The molecule has 8 nitrogen and oxygen atoms in total. The minimum Gasteiger partial charge on any atom is -0.495 e. The Morgan fingerprint density at radius 1 is 1.12 bits per heavy atom. The van der Waals surface area contributed by atoms with Crippen molar-refractivity contribution < 1.29 is 22.7 Å². The summed E-state index contributed by atoms with van der Waals surface area (Å²) in [7, 11) is -0.851. The fraction of sp³-hybridized carbons (Fsp3) is 0.417. The van der Waals surface area contributed by atoms with Crippen LogP contribution in [-0.4, -0.2) is 64.7 Å². The third-order valence-corrected chi connectivity index (χ3v) is 6.53. The number of hydrogen-bond donors (Lipinski definition) is 1. The molecule has 0 heterocycles. The number of nitrogens with zero attached hydrogens (tertiary/aromatic N) is 2. The number of carbonyl (C=O) groups is 2. The number of amides is 2. The molecule has 0 fully saturated rings. The lowest BCUT2D eigenvalue weighted by Crippen LogP contribution is -2.52. The van der Waals surface area contributed by atoms with E-state index in [1.807, 2.05) is 44.2 Å². The van der Waals surface area contributed by atoms with Gasteiger partial charge in [0.05, 0.1) is 19.1 Å². The summed E-state index contributed by atoms with van der Waals surface area (Å²) < 4.78 is 31.8. The summed E-state index contributed by atoms with van der Waals surface area (Å²) in [6.07, 6.45) is 1.98. The molecule has 0 radical (unpaired) electrons. The second kappa shape index (κ2) is 11.7. The predicted octanol–water partition coefficient (Wildman–Crippen LogP) is 2.37. The molecule has 2 aromatic carbocycles. The number of methoxy groups -OCH3 is 1. The van der Waals surface area contributed by atoms with E-state index in [4.69, 9.17) is 4.74 Å². The molecular weight excluding hydrogens is 442 g/mol. The minimum atomic E-state index is -3.82. The van der Waals surface area contributed by atoms with Crippen molar-refractivity contribution in [3.63, 3.8) is 0 Å². The van der Waals surface area contributed by atoms with E-state index in [0.717, 1.165) is 21.7 Å². The van der Waals surface area contributed by atoms with E-state index < -0.39 is 28.5 Å². The maximum atomic E-state index is 13.5. The van der Waals surface area contributed by atoms with Gasteiger partial charge in [-0.2, -0.15) is 0 Å². The van der Waals surface area contributed by atoms with Crippen LogP contribution in [0.4, 0.5) is 5.69 Å². The van der Waals surface area contributed by atoms with Crippen LogP contribution in [0.15, 0.2) is 48.5 Å². The van der Waals surface area contributed by atoms with Gasteiger partial charge in [-0.3, -0.25) is 13.9 Å². The van der Waals surface area contributed by atoms with Crippen LogP contribution in [0.1, 0.15) is 24.5 Å². The third kappa shape index (κ3) is 6.95. The Bertz CT molecular complexity index is 1060. The van der Waals surface area contributed by atoms with Crippen molar-refractivity contribution in [2.75, 3.05) is 37.8 Å².